The lowest BCUT2D eigenvalue weighted by Crippen LogP contribution is -2.64. The first-order chi connectivity index (χ1) is 20.4. The molecule has 0 aromatic heterocycles. The number of benzene rings is 2. The molecule has 2 aromatic carbocycles. The van der Waals surface area contributed by atoms with Gasteiger partial charge in [0.1, 0.15) is 5.75 Å². The summed E-state index contributed by atoms with van der Waals surface area (Å²) in [6, 6.07) is 13.3. The van der Waals surface area contributed by atoms with Gasteiger partial charge in [-0.05, 0) is 48.2 Å². The van der Waals surface area contributed by atoms with Gasteiger partial charge in [0.2, 0.25) is 5.91 Å². The van der Waals surface area contributed by atoms with E-state index in [0.29, 0.717) is 0 Å². The molecular weight excluding hydrogens is 528 g/mol. The number of nitrogens with one attached hydrogen (secondary N) is 8. The highest BCUT2D eigenvalue weighted by Gasteiger charge is 2.31. The van der Waals surface area contributed by atoms with E-state index in [1.807, 2.05) is 25.1 Å². The van der Waals surface area contributed by atoms with E-state index >= 15 is 0 Å². The predicted octanol–water partition coefficient (Wildman–Crippen LogP) is 0.671. The van der Waals surface area contributed by atoms with Crippen LogP contribution in [0.4, 0.5) is 5.69 Å². The molecule has 10 nitrogen and oxygen atoms in total. The van der Waals surface area contributed by atoms with E-state index < -0.39 is 0 Å². The number of carbonyl (C=O) groups excluding carboxylic acids is 1. The molecule has 9 N–H and O–H groups in total. The zero-order valence-electron chi connectivity index (χ0n) is 25.5. The first kappa shape index (κ1) is 32.3. The number of anilines is 1. The van der Waals surface area contributed by atoms with Crippen LogP contribution >= 0.6 is 0 Å². The molecule has 3 aliphatic heterocycles. The average molecular weight is 581 g/mol. The Labute approximate surface area is 251 Å². The van der Waals surface area contributed by atoms with Gasteiger partial charge in [0, 0.05) is 96.2 Å². The van der Waals surface area contributed by atoms with Crippen molar-refractivity contribution in [1.29, 1.82) is 0 Å². The van der Waals surface area contributed by atoms with Gasteiger partial charge < -0.3 is 47.6 Å². The molecule has 3 heterocycles. The maximum Gasteiger partial charge on any atom is 0.228 e. The zero-order chi connectivity index (χ0) is 29.7. The number of aryl methyl sites for hydroxylation is 1. The maximum atomic E-state index is 12.6. The van der Waals surface area contributed by atoms with Crippen molar-refractivity contribution < 1.29 is 9.90 Å². The molecular formula is C32H52N8O2. The Kier molecular flexibility index (Phi) is 12.6. The normalized spacial score (nSPS) is 24.9. The Hall–Kier alpha value is -2.57. The van der Waals surface area contributed by atoms with Gasteiger partial charge in [0.15, 0.2) is 0 Å². The molecule has 3 aliphatic rings. The molecule has 0 radical (unpaired) electrons. The first-order valence-electron chi connectivity index (χ1n) is 15.6. The molecule has 0 saturated carbocycles. The summed E-state index contributed by atoms with van der Waals surface area (Å²) in [7, 11) is 0. The molecule has 0 atom stereocenters. The molecule has 0 unspecified atom stereocenters. The van der Waals surface area contributed by atoms with Gasteiger partial charge in [-0.25, -0.2) is 0 Å². The number of hydrogen-bond donors (Lipinski definition) is 9. The van der Waals surface area contributed by atoms with Crippen LogP contribution in [0.2, 0.25) is 0 Å². The van der Waals surface area contributed by atoms with Gasteiger partial charge in [0.05, 0.1) is 12.0 Å². The number of hydrogen-bond acceptors (Lipinski definition) is 9. The fourth-order valence-electron chi connectivity index (χ4n) is 5.73. The van der Waals surface area contributed by atoms with Crippen LogP contribution in [-0.2, 0) is 17.8 Å². The van der Waals surface area contributed by atoms with Crippen molar-refractivity contribution >= 4 is 11.6 Å². The summed E-state index contributed by atoms with van der Waals surface area (Å²) in [6.45, 7) is 16.0. The SMILES string of the molecule is CCC12CNCCNCC(NCc3ccc(NC(=O)Cc4ccc(O)c(C)c4)cc3)(CNCCNC1)CNCCNC2. The number of fused-ring (bicyclic) bond motifs is 15. The monoisotopic (exact) mass is 580 g/mol. The van der Waals surface area contributed by atoms with Crippen molar-refractivity contribution in [2.24, 2.45) is 5.41 Å². The second-order valence-corrected chi connectivity index (χ2v) is 12.1. The van der Waals surface area contributed by atoms with Crippen molar-refractivity contribution in [1.82, 2.24) is 37.2 Å². The fourth-order valence-corrected chi connectivity index (χ4v) is 5.73. The number of carbonyl (C=O) groups is 1. The quantitative estimate of drug-likeness (QED) is 0.232. The molecule has 2 bridgehead atoms. The van der Waals surface area contributed by atoms with Crippen molar-refractivity contribution in [2.45, 2.75) is 38.8 Å². The fraction of sp³-hybridized carbons (Fsp3) is 0.594. The number of phenols is 1. The highest BCUT2D eigenvalue weighted by Crippen LogP contribution is 2.20. The van der Waals surface area contributed by atoms with E-state index in [-0.39, 0.29) is 29.0 Å². The molecule has 0 aliphatic carbocycles. The molecule has 1 amide bonds. The van der Waals surface area contributed by atoms with E-state index in [0.717, 1.165) is 114 Å². The van der Waals surface area contributed by atoms with E-state index in [9.17, 15) is 9.90 Å². The van der Waals surface area contributed by atoms with Crippen molar-refractivity contribution in [3.05, 3.63) is 59.2 Å². The number of rotatable bonds is 7. The average Bonchev–Trinajstić information content (AvgIpc) is 2.99. The van der Waals surface area contributed by atoms with Crippen LogP contribution < -0.4 is 42.5 Å². The summed E-state index contributed by atoms with van der Waals surface area (Å²) in [6.07, 6.45) is 1.40. The summed E-state index contributed by atoms with van der Waals surface area (Å²) in [4.78, 5) is 12.6. The minimum Gasteiger partial charge on any atom is -0.508 e. The molecule has 3 fully saturated rings. The lowest BCUT2D eigenvalue weighted by Gasteiger charge is -2.38. The summed E-state index contributed by atoms with van der Waals surface area (Å²) in [5.41, 5.74) is 3.63. The lowest BCUT2D eigenvalue weighted by atomic mass is 9.84. The van der Waals surface area contributed by atoms with Gasteiger partial charge in [-0.2, -0.15) is 0 Å². The topological polar surface area (TPSA) is 134 Å². The van der Waals surface area contributed by atoms with E-state index in [1.165, 1.54) is 0 Å². The standard InChI is InChI=1S/C32H52N8O2/c1-3-31-19-33-10-13-36-22-32(23-37-14-11-34-20-31,24-38-15-12-35-21-31)39-18-26-4-7-28(8-5-26)40-30(42)17-27-6-9-29(41)25(2)16-27/h4-9,16,33-39,41H,3,10-15,17-24H2,1-2H3,(H,40,42). The van der Waals surface area contributed by atoms with Crippen LogP contribution in [0.15, 0.2) is 42.5 Å². The van der Waals surface area contributed by atoms with Gasteiger partial charge in [-0.15, -0.1) is 0 Å². The maximum absolute atomic E-state index is 12.6. The minimum absolute atomic E-state index is 0.0774. The van der Waals surface area contributed by atoms with Crippen LogP contribution in [-0.4, -0.2) is 95.1 Å². The van der Waals surface area contributed by atoms with Crippen molar-refractivity contribution in [3.63, 3.8) is 0 Å². The predicted molar refractivity (Wildman–Crippen MR) is 171 cm³/mol. The summed E-state index contributed by atoms with van der Waals surface area (Å²) < 4.78 is 0. The number of aromatic hydroxyl groups is 1. The Morgan fingerprint density at radius 3 is 1.76 bits per heavy atom. The highest BCUT2D eigenvalue weighted by molar-refractivity contribution is 5.92. The summed E-state index contributed by atoms with van der Waals surface area (Å²) in [5.74, 6) is 0.166. The zero-order valence-corrected chi connectivity index (χ0v) is 25.5. The summed E-state index contributed by atoms with van der Waals surface area (Å²) in [5, 5.41) is 38.9. The smallest absolute Gasteiger partial charge is 0.228 e. The van der Waals surface area contributed by atoms with E-state index in [1.54, 1.807) is 12.1 Å². The molecule has 5 rings (SSSR count). The summed E-state index contributed by atoms with van der Waals surface area (Å²) >= 11 is 0. The lowest BCUT2D eigenvalue weighted by molar-refractivity contribution is -0.115. The second kappa shape index (κ2) is 16.3. The number of phenolic OH excluding ortho intramolecular Hbond substituents is 1. The third kappa shape index (κ3) is 10.0. The van der Waals surface area contributed by atoms with E-state index in [2.05, 4.69) is 61.6 Å². The number of amides is 1. The first-order valence-corrected chi connectivity index (χ1v) is 15.6. The van der Waals surface area contributed by atoms with Crippen molar-refractivity contribution in [3.8, 4) is 5.75 Å². The Morgan fingerprint density at radius 2 is 1.26 bits per heavy atom. The Balaban J connectivity index is 1.36. The van der Waals surface area contributed by atoms with Crippen LogP contribution in [0.1, 0.15) is 30.0 Å². The van der Waals surface area contributed by atoms with Gasteiger partial charge in [0.25, 0.3) is 0 Å². The van der Waals surface area contributed by atoms with Crippen LogP contribution in [0.5, 0.6) is 5.75 Å². The van der Waals surface area contributed by atoms with E-state index in [4.69, 9.17) is 0 Å². The second-order valence-electron chi connectivity index (χ2n) is 12.1. The van der Waals surface area contributed by atoms with Gasteiger partial charge in [-0.3, -0.25) is 4.79 Å². The third-order valence-electron chi connectivity index (χ3n) is 8.61. The van der Waals surface area contributed by atoms with Crippen LogP contribution in [0.3, 0.4) is 0 Å². The Morgan fingerprint density at radius 1 is 0.762 bits per heavy atom. The molecule has 2 aromatic rings. The van der Waals surface area contributed by atoms with Crippen LogP contribution in [0.25, 0.3) is 0 Å². The third-order valence-corrected chi connectivity index (χ3v) is 8.61. The molecule has 42 heavy (non-hydrogen) atoms. The van der Waals surface area contributed by atoms with Gasteiger partial charge in [-0.1, -0.05) is 31.2 Å². The molecule has 232 valence electrons. The Bertz CT molecular complexity index is 1070. The molecule has 10 heteroatoms. The minimum atomic E-state index is -0.170. The molecule has 0 spiro atoms. The highest BCUT2D eigenvalue weighted by atomic mass is 16.3. The largest absolute Gasteiger partial charge is 0.508 e. The molecule has 3 saturated heterocycles. The van der Waals surface area contributed by atoms with Crippen molar-refractivity contribution in [2.75, 3.05) is 83.9 Å². The van der Waals surface area contributed by atoms with Gasteiger partial charge >= 0.3 is 0 Å². The van der Waals surface area contributed by atoms with Crippen LogP contribution in [0, 0.1) is 12.3 Å².